The number of nitrogens with one attached hydrogen (secondary N) is 2. The highest BCUT2D eigenvalue weighted by Gasteiger charge is 2.25. The number of rotatable bonds is 6. The number of carbonyl (C=O) groups is 1. The predicted molar refractivity (Wildman–Crippen MR) is 86.1 cm³/mol. The number of hydrogen-bond acceptors (Lipinski definition) is 3. The molecule has 3 N–H and O–H groups in total. The lowest BCUT2D eigenvalue weighted by atomic mass is 9.85. The number of hydrogen-bond donors (Lipinski definition) is 3. The van der Waals surface area contributed by atoms with Crippen LogP contribution in [0.15, 0.2) is 24.3 Å². The topological polar surface area (TPSA) is 70.6 Å². The minimum atomic E-state index is -0.145. The van der Waals surface area contributed by atoms with E-state index in [1.165, 1.54) is 0 Å². The van der Waals surface area contributed by atoms with Gasteiger partial charge in [-0.2, -0.15) is 0 Å². The van der Waals surface area contributed by atoms with Gasteiger partial charge in [-0.3, -0.25) is 0 Å². The van der Waals surface area contributed by atoms with Crippen molar-refractivity contribution in [1.29, 1.82) is 0 Å². The van der Waals surface area contributed by atoms with Crippen LogP contribution in [-0.2, 0) is 6.42 Å². The Morgan fingerprint density at radius 3 is 2.95 bits per heavy atom. The first-order chi connectivity index (χ1) is 10.7. The van der Waals surface area contributed by atoms with Gasteiger partial charge >= 0.3 is 6.03 Å². The predicted octanol–water partition coefficient (Wildman–Crippen LogP) is 2.09. The summed E-state index contributed by atoms with van der Waals surface area (Å²) < 4.78 is 5.18. The van der Waals surface area contributed by atoms with Crippen molar-refractivity contribution in [3.8, 4) is 5.75 Å². The molecule has 5 nitrogen and oxygen atoms in total. The van der Waals surface area contributed by atoms with Crippen LogP contribution >= 0.6 is 0 Å². The van der Waals surface area contributed by atoms with Crippen LogP contribution in [0.1, 0.15) is 31.2 Å². The van der Waals surface area contributed by atoms with E-state index in [2.05, 4.69) is 10.6 Å². The van der Waals surface area contributed by atoms with Gasteiger partial charge in [0.2, 0.25) is 0 Å². The zero-order chi connectivity index (χ0) is 15.8. The summed E-state index contributed by atoms with van der Waals surface area (Å²) in [6.45, 7) is 0.726. The molecule has 1 aliphatic rings. The maximum absolute atomic E-state index is 12.0. The standard InChI is InChI=1S/C17H26N2O3/c1-22-15-7-4-5-13(11-15)9-10-18-17(21)19-16-8-3-2-6-14(16)12-20/h4-5,7,11,14,16,20H,2-3,6,8-10,12H2,1H3,(H2,18,19,21). The fourth-order valence-electron chi connectivity index (χ4n) is 2.98. The molecule has 1 fully saturated rings. The Bertz CT molecular complexity index is 479. The second-order valence-electron chi connectivity index (χ2n) is 5.84. The van der Waals surface area contributed by atoms with Gasteiger partial charge in [0.25, 0.3) is 0 Å². The van der Waals surface area contributed by atoms with Gasteiger partial charge in [0.05, 0.1) is 7.11 Å². The molecule has 0 aromatic heterocycles. The zero-order valence-electron chi connectivity index (χ0n) is 13.2. The lowest BCUT2D eigenvalue weighted by Crippen LogP contribution is -2.48. The van der Waals surface area contributed by atoms with Crippen molar-refractivity contribution in [2.24, 2.45) is 5.92 Å². The number of amides is 2. The van der Waals surface area contributed by atoms with E-state index in [0.29, 0.717) is 6.54 Å². The molecule has 2 unspecified atom stereocenters. The van der Waals surface area contributed by atoms with Crippen molar-refractivity contribution >= 4 is 6.03 Å². The first-order valence-corrected chi connectivity index (χ1v) is 8.01. The van der Waals surface area contributed by atoms with E-state index in [-0.39, 0.29) is 24.6 Å². The Balaban J connectivity index is 1.73. The maximum Gasteiger partial charge on any atom is 0.315 e. The van der Waals surface area contributed by atoms with Crippen LogP contribution in [-0.4, -0.2) is 37.4 Å². The van der Waals surface area contributed by atoms with E-state index < -0.39 is 0 Å². The summed E-state index contributed by atoms with van der Waals surface area (Å²) in [6.07, 6.45) is 4.96. The largest absolute Gasteiger partial charge is 0.497 e. The molecule has 2 atom stereocenters. The van der Waals surface area contributed by atoms with Gasteiger partial charge < -0.3 is 20.5 Å². The molecule has 2 amide bonds. The van der Waals surface area contributed by atoms with Crippen molar-refractivity contribution in [2.45, 2.75) is 38.1 Å². The van der Waals surface area contributed by atoms with Crippen molar-refractivity contribution < 1.29 is 14.6 Å². The van der Waals surface area contributed by atoms with E-state index in [9.17, 15) is 9.90 Å². The summed E-state index contributed by atoms with van der Waals surface area (Å²) >= 11 is 0. The number of aliphatic hydroxyl groups excluding tert-OH is 1. The quantitative estimate of drug-likeness (QED) is 0.753. The van der Waals surface area contributed by atoms with Crippen molar-refractivity contribution in [1.82, 2.24) is 10.6 Å². The fourth-order valence-corrected chi connectivity index (χ4v) is 2.98. The maximum atomic E-state index is 12.0. The van der Waals surface area contributed by atoms with Crippen molar-refractivity contribution in [2.75, 3.05) is 20.3 Å². The van der Waals surface area contributed by atoms with E-state index in [0.717, 1.165) is 43.4 Å². The molecule has 1 aromatic rings. The van der Waals surface area contributed by atoms with Crippen LogP contribution in [0.25, 0.3) is 0 Å². The molecule has 1 saturated carbocycles. The Morgan fingerprint density at radius 2 is 2.18 bits per heavy atom. The third kappa shape index (κ3) is 4.91. The van der Waals surface area contributed by atoms with Crippen LogP contribution in [0.2, 0.25) is 0 Å². The van der Waals surface area contributed by atoms with Gasteiger partial charge in [0, 0.05) is 25.1 Å². The van der Waals surface area contributed by atoms with Gasteiger partial charge in [0.15, 0.2) is 0 Å². The summed E-state index contributed by atoms with van der Waals surface area (Å²) in [6, 6.07) is 7.79. The highest BCUT2D eigenvalue weighted by Crippen LogP contribution is 2.23. The average molecular weight is 306 g/mol. The monoisotopic (exact) mass is 306 g/mol. The molecule has 2 rings (SSSR count). The number of urea groups is 1. The van der Waals surface area contributed by atoms with E-state index in [1.54, 1.807) is 7.11 Å². The lowest BCUT2D eigenvalue weighted by molar-refractivity contribution is 0.154. The number of benzene rings is 1. The second-order valence-corrected chi connectivity index (χ2v) is 5.84. The highest BCUT2D eigenvalue weighted by atomic mass is 16.5. The number of carbonyl (C=O) groups excluding carboxylic acids is 1. The van der Waals surface area contributed by atoms with Gasteiger partial charge in [-0.05, 0) is 37.0 Å². The molecule has 0 saturated heterocycles. The molecule has 0 bridgehead atoms. The van der Waals surface area contributed by atoms with E-state index >= 15 is 0 Å². The smallest absolute Gasteiger partial charge is 0.315 e. The molecule has 122 valence electrons. The Morgan fingerprint density at radius 1 is 1.36 bits per heavy atom. The lowest BCUT2D eigenvalue weighted by Gasteiger charge is -2.30. The van der Waals surface area contributed by atoms with Gasteiger partial charge in [-0.25, -0.2) is 4.79 Å². The molecule has 1 aliphatic carbocycles. The van der Waals surface area contributed by atoms with Gasteiger partial charge in [-0.1, -0.05) is 25.0 Å². The van der Waals surface area contributed by atoms with Gasteiger partial charge in [0.1, 0.15) is 5.75 Å². The van der Waals surface area contributed by atoms with E-state index in [4.69, 9.17) is 4.74 Å². The number of aliphatic hydroxyl groups is 1. The molecule has 1 aromatic carbocycles. The average Bonchev–Trinajstić information content (AvgIpc) is 2.55. The molecule has 0 radical (unpaired) electrons. The first kappa shape index (κ1) is 16.6. The normalized spacial score (nSPS) is 21.2. The first-order valence-electron chi connectivity index (χ1n) is 8.01. The Labute approximate surface area is 132 Å². The van der Waals surface area contributed by atoms with Crippen molar-refractivity contribution in [3.63, 3.8) is 0 Å². The summed E-state index contributed by atoms with van der Waals surface area (Å²) in [5.74, 6) is 1.02. The van der Waals surface area contributed by atoms with Crippen LogP contribution in [0, 0.1) is 5.92 Å². The molecule has 5 heteroatoms. The second kappa shape index (κ2) is 8.63. The van der Waals surface area contributed by atoms with Crippen LogP contribution in [0.5, 0.6) is 5.75 Å². The Hall–Kier alpha value is -1.75. The third-order valence-corrected chi connectivity index (χ3v) is 4.29. The molecular weight excluding hydrogens is 280 g/mol. The summed E-state index contributed by atoms with van der Waals surface area (Å²) in [4.78, 5) is 12.0. The fraction of sp³-hybridized carbons (Fsp3) is 0.588. The van der Waals surface area contributed by atoms with Crippen LogP contribution in [0.3, 0.4) is 0 Å². The molecule has 0 spiro atoms. The van der Waals surface area contributed by atoms with Crippen LogP contribution in [0.4, 0.5) is 4.79 Å². The molecule has 0 heterocycles. The molecular formula is C17H26N2O3. The summed E-state index contributed by atoms with van der Waals surface area (Å²) in [5.41, 5.74) is 1.13. The van der Waals surface area contributed by atoms with E-state index in [1.807, 2.05) is 24.3 Å². The highest BCUT2D eigenvalue weighted by molar-refractivity contribution is 5.74. The van der Waals surface area contributed by atoms with Gasteiger partial charge in [-0.15, -0.1) is 0 Å². The zero-order valence-corrected chi connectivity index (χ0v) is 13.2. The summed E-state index contributed by atoms with van der Waals surface area (Å²) in [7, 11) is 1.65. The van der Waals surface area contributed by atoms with Crippen LogP contribution < -0.4 is 15.4 Å². The number of methoxy groups -OCH3 is 1. The SMILES string of the molecule is COc1cccc(CCNC(=O)NC2CCCCC2CO)c1. The Kier molecular flexibility index (Phi) is 6.52. The minimum absolute atomic E-state index is 0.0931. The third-order valence-electron chi connectivity index (χ3n) is 4.29. The summed E-state index contributed by atoms with van der Waals surface area (Å²) in [5, 5.41) is 15.2. The molecule has 22 heavy (non-hydrogen) atoms. The minimum Gasteiger partial charge on any atom is -0.497 e. The number of ether oxygens (including phenoxy) is 1. The molecule has 0 aliphatic heterocycles. The van der Waals surface area contributed by atoms with Crippen molar-refractivity contribution in [3.05, 3.63) is 29.8 Å².